The van der Waals surface area contributed by atoms with Gasteiger partial charge in [-0.15, -0.1) is 0 Å². The molecule has 2 aromatic heterocycles. The van der Waals surface area contributed by atoms with Crippen LogP contribution in [0.25, 0.3) is 5.82 Å². The number of anilines is 1. The number of rotatable bonds is 5. The van der Waals surface area contributed by atoms with Gasteiger partial charge in [-0.05, 0) is 57.7 Å². The van der Waals surface area contributed by atoms with Gasteiger partial charge in [-0.1, -0.05) is 0 Å². The van der Waals surface area contributed by atoms with E-state index in [-0.39, 0.29) is 0 Å². The molecule has 3 fully saturated rings. The summed E-state index contributed by atoms with van der Waals surface area (Å²) < 4.78 is 1.91. The van der Waals surface area contributed by atoms with E-state index >= 15 is 0 Å². The largest absolute Gasteiger partial charge is 0.356 e. The molecule has 2 atom stereocenters. The van der Waals surface area contributed by atoms with Gasteiger partial charge in [0.15, 0.2) is 5.82 Å². The lowest BCUT2D eigenvalue weighted by atomic mass is 10.0. The van der Waals surface area contributed by atoms with E-state index in [0.29, 0.717) is 0 Å². The zero-order valence-electron chi connectivity index (χ0n) is 17.1. The van der Waals surface area contributed by atoms with Crippen LogP contribution in [0.3, 0.4) is 0 Å². The Hall–Kier alpha value is -1.99. The molecule has 3 saturated heterocycles. The minimum atomic E-state index is 0.769. The third-order valence-corrected chi connectivity index (χ3v) is 6.68. The molecule has 0 N–H and O–H groups in total. The van der Waals surface area contributed by atoms with Crippen molar-refractivity contribution >= 4 is 5.82 Å². The molecule has 0 bridgehead atoms. The normalized spacial score (nSPS) is 25.7. The van der Waals surface area contributed by atoms with Crippen molar-refractivity contribution in [1.82, 2.24) is 29.5 Å². The molecular weight excluding hydrogens is 350 g/mol. The monoisotopic (exact) mass is 381 g/mol. The second-order valence-corrected chi connectivity index (χ2v) is 8.81. The average Bonchev–Trinajstić information content (AvgIpc) is 3.44. The molecule has 7 heteroatoms. The van der Waals surface area contributed by atoms with E-state index in [9.17, 15) is 0 Å². The predicted molar refractivity (Wildman–Crippen MR) is 110 cm³/mol. The number of fused-ring (bicyclic) bond motifs is 1. The third kappa shape index (κ3) is 3.53. The van der Waals surface area contributed by atoms with E-state index < -0.39 is 0 Å². The molecule has 28 heavy (non-hydrogen) atoms. The van der Waals surface area contributed by atoms with Crippen molar-refractivity contribution in [2.75, 3.05) is 57.3 Å². The Morgan fingerprint density at radius 1 is 0.857 bits per heavy atom. The smallest absolute Gasteiger partial charge is 0.159 e. The molecule has 2 unspecified atom stereocenters. The molecule has 3 aliphatic heterocycles. The zero-order valence-corrected chi connectivity index (χ0v) is 17.1. The zero-order chi connectivity index (χ0) is 19.1. The fourth-order valence-corrected chi connectivity index (χ4v) is 5.24. The molecule has 5 rings (SSSR count). The first kappa shape index (κ1) is 18.1. The van der Waals surface area contributed by atoms with Crippen LogP contribution in [0, 0.1) is 25.7 Å². The summed E-state index contributed by atoms with van der Waals surface area (Å²) in [6, 6.07) is 4.17. The molecule has 0 radical (unpaired) electrons. The van der Waals surface area contributed by atoms with Crippen molar-refractivity contribution in [2.45, 2.75) is 26.7 Å². The first-order valence-corrected chi connectivity index (χ1v) is 10.7. The van der Waals surface area contributed by atoms with Gasteiger partial charge in [-0.3, -0.25) is 0 Å². The highest BCUT2D eigenvalue weighted by Crippen LogP contribution is 2.33. The van der Waals surface area contributed by atoms with Crippen LogP contribution in [0.5, 0.6) is 0 Å². The van der Waals surface area contributed by atoms with Gasteiger partial charge in [-0.25, -0.2) is 14.6 Å². The summed E-state index contributed by atoms with van der Waals surface area (Å²) in [4.78, 5) is 16.8. The first-order valence-electron chi connectivity index (χ1n) is 10.7. The first-order chi connectivity index (χ1) is 13.7. The van der Waals surface area contributed by atoms with Crippen LogP contribution in [-0.2, 0) is 0 Å². The standard InChI is InChI=1S/C21H31N7/c1-16-9-17(2)28(24-16)21-10-20(22-15-23-21)27-13-18-11-26(12-19(18)14-27)8-7-25-5-3-4-6-25/h9-10,15,18-19H,3-8,11-14H2,1-2H3. The summed E-state index contributed by atoms with van der Waals surface area (Å²) in [7, 11) is 0. The van der Waals surface area contributed by atoms with E-state index in [2.05, 4.69) is 48.8 Å². The van der Waals surface area contributed by atoms with Gasteiger partial charge in [-0.2, -0.15) is 5.10 Å². The molecule has 3 aliphatic rings. The maximum Gasteiger partial charge on any atom is 0.159 e. The summed E-state index contributed by atoms with van der Waals surface area (Å²) in [6.07, 6.45) is 4.45. The Balaban J connectivity index is 1.21. The van der Waals surface area contributed by atoms with Crippen LogP contribution < -0.4 is 4.90 Å². The molecule has 150 valence electrons. The van der Waals surface area contributed by atoms with E-state index in [1.165, 1.54) is 52.1 Å². The lowest BCUT2D eigenvalue weighted by Gasteiger charge is -2.24. The van der Waals surface area contributed by atoms with E-state index in [1.54, 1.807) is 6.33 Å². The molecule has 2 aromatic rings. The van der Waals surface area contributed by atoms with Gasteiger partial charge in [0.25, 0.3) is 0 Å². The van der Waals surface area contributed by atoms with Crippen molar-refractivity contribution in [3.63, 3.8) is 0 Å². The predicted octanol–water partition coefficient (Wildman–Crippen LogP) is 1.74. The Kier molecular flexibility index (Phi) is 4.80. The summed E-state index contributed by atoms with van der Waals surface area (Å²) in [5.74, 6) is 3.44. The van der Waals surface area contributed by atoms with Crippen LogP contribution in [0.4, 0.5) is 5.82 Å². The number of hydrogen-bond donors (Lipinski definition) is 0. The Morgan fingerprint density at radius 2 is 1.54 bits per heavy atom. The lowest BCUT2D eigenvalue weighted by Crippen LogP contribution is -2.35. The summed E-state index contributed by atoms with van der Waals surface area (Å²) in [5, 5.41) is 4.57. The van der Waals surface area contributed by atoms with Crippen LogP contribution in [0.15, 0.2) is 18.5 Å². The molecule has 0 aliphatic carbocycles. The number of aryl methyl sites for hydroxylation is 2. The van der Waals surface area contributed by atoms with Crippen LogP contribution in [0.1, 0.15) is 24.2 Å². The molecular formula is C21H31N7. The molecule has 5 heterocycles. The Labute approximate surface area is 167 Å². The minimum Gasteiger partial charge on any atom is -0.356 e. The molecule has 0 amide bonds. The number of hydrogen-bond acceptors (Lipinski definition) is 6. The second-order valence-electron chi connectivity index (χ2n) is 8.81. The number of aromatic nitrogens is 4. The van der Waals surface area contributed by atoms with Crippen molar-refractivity contribution in [3.05, 3.63) is 29.8 Å². The van der Waals surface area contributed by atoms with Crippen molar-refractivity contribution in [1.29, 1.82) is 0 Å². The number of likely N-dealkylation sites (tertiary alicyclic amines) is 2. The maximum atomic E-state index is 4.57. The highest BCUT2D eigenvalue weighted by Gasteiger charge is 2.40. The van der Waals surface area contributed by atoms with Crippen LogP contribution in [-0.4, -0.2) is 81.9 Å². The van der Waals surface area contributed by atoms with Gasteiger partial charge in [0, 0.05) is 51.0 Å². The average molecular weight is 382 g/mol. The van der Waals surface area contributed by atoms with Crippen molar-refractivity contribution < 1.29 is 0 Å². The summed E-state index contributed by atoms with van der Waals surface area (Å²) in [6.45, 7) is 13.9. The highest BCUT2D eigenvalue weighted by atomic mass is 15.3. The fourth-order valence-electron chi connectivity index (χ4n) is 5.24. The highest BCUT2D eigenvalue weighted by molar-refractivity contribution is 5.45. The Bertz CT molecular complexity index is 812. The quantitative estimate of drug-likeness (QED) is 0.786. The molecule has 0 saturated carbocycles. The molecule has 0 spiro atoms. The van der Waals surface area contributed by atoms with Gasteiger partial charge in [0.2, 0.25) is 0 Å². The van der Waals surface area contributed by atoms with Crippen LogP contribution in [0.2, 0.25) is 0 Å². The van der Waals surface area contributed by atoms with Gasteiger partial charge >= 0.3 is 0 Å². The van der Waals surface area contributed by atoms with Gasteiger partial charge in [0.05, 0.1) is 5.69 Å². The van der Waals surface area contributed by atoms with E-state index in [1.807, 2.05) is 11.6 Å². The second kappa shape index (κ2) is 7.44. The minimum absolute atomic E-state index is 0.769. The van der Waals surface area contributed by atoms with Crippen LogP contribution >= 0.6 is 0 Å². The van der Waals surface area contributed by atoms with Gasteiger partial charge in [0.1, 0.15) is 12.1 Å². The van der Waals surface area contributed by atoms with Crippen molar-refractivity contribution in [2.24, 2.45) is 11.8 Å². The number of nitrogens with zero attached hydrogens (tertiary/aromatic N) is 7. The SMILES string of the molecule is Cc1cc(C)n(-c2cc(N3CC4CN(CCN5CCCC5)CC4C3)ncn2)n1. The molecule has 0 aromatic carbocycles. The third-order valence-electron chi connectivity index (χ3n) is 6.68. The fraction of sp³-hybridized carbons (Fsp3) is 0.667. The topological polar surface area (TPSA) is 53.3 Å². The van der Waals surface area contributed by atoms with Gasteiger partial charge < -0.3 is 14.7 Å². The maximum absolute atomic E-state index is 4.57. The van der Waals surface area contributed by atoms with Crippen molar-refractivity contribution in [3.8, 4) is 5.82 Å². The Morgan fingerprint density at radius 3 is 2.21 bits per heavy atom. The summed E-state index contributed by atoms with van der Waals surface area (Å²) >= 11 is 0. The summed E-state index contributed by atoms with van der Waals surface area (Å²) in [5.41, 5.74) is 2.12. The lowest BCUT2D eigenvalue weighted by molar-refractivity contribution is 0.248. The van der Waals surface area contributed by atoms with E-state index in [0.717, 1.165) is 47.9 Å². The van der Waals surface area contributed by atoms with E-state index in [4.69, 9.17) is 0 Å². The molecule has 7 nitrogen and oxygen atoms in total.